The van der Waals surface area contributed by atoms with Crippen molar-refractivity contribution in [2.24, 2.45) is 5.92 Å². The molecule has 0 bridgehead atoms. The molecule has 0 saturated carbocycles. The molecule has 0 radical (unpaired) electrons. The van der Waals surface area contributed by atoms with Crippen LogP contribution >= 0.6 is 0 Å². The number of amides is 1. The lowest BCUT2D eigenvalue weighted by molar-refractivity contribution is -0.142. The number of ether oxygens (including phenoxy) is 2. The van der Waals surface area contributed by atoms with E-state index in [0.29, 0.717) is 30.9 Å². The Bertz CT molecular complexity index is 594. The lowest BCUT2D eigenvalue weighted by Gasteiger charge is -2.23. The van der Waals surface area contributed by atoms with E-state index in [-0.39, 0.29) is 18.1 Å². The van der Waals surface area contributed by atoms with Crippen LogP contribution in [0.25, 0.3) is 0 Å². The first-order valence-electron chi connectivity index (χ1n) is 8.44. The highest BCUT2D eigenvalue weighted by atomic mass is 16.5. The summed E-state index contributed by atoms with van der Waals surface area (Å²) < 4.78 is 11.2. The number of carboxylic acids is 1. The first-order chi connectivity index (χ1) is 11.6. The third-order valence-corrected chi connectivity index (χ3v) is 4.89. The molecule has 3 atom stereocenters. The summed E-state index contributed by atoms with van der Waals surface area (Å²) in [5.74, 6) is -0.740. The van der Waals surface area contributed by atoms with E-state index in [1.807, 2.05) is 0 Å². The zero-order chi connectivity index (χ0) is 17.1. The molecule has 2 aliphatic heterocycles. The molecule has 0 aromatic heterocycles. The summed E-state index contributed by atoms with van der Waals surface area (Å²) in [6, 6.07) is 6.72. The van der Waals surface area contributed by atoms with Gasteiger partial charge >= 0.3 is 5.97 Å². The van der Waals surface area contributed by atoms with E-state index in [2.05, 4.69) is 0 Å². The Morgan fingerprint density at radius 2 is 2.04 bits per heavy atom. The van der Waals surface area contributed by atoms with Gasteiger partial charge in [0.15, 0.2) is 0 Å². The summed E-state index contributed by atoms with van der Waals surface area (Å²) in [5, 5.41) is 9.17. The standard InChI is InChI=1S/C18H23NO5/c1-12-16(18(21)22)8-9-19(12)17(20)13-4-6-14(7-5-13)24-11-15-3-2-10-23-15/h4-7,12,15-16H,2-3,8-11H2,1H3,(H,21,22). The van der Waals surface area contributed by atoms with E-state index < -0.39 is 11.9 Å². The van der Waals surface area contributed by atoms with Gasteiger partial charge in [0.1, 0.15) is 12.4 Å². The zero-order valence-corrected chi connectivity index (χ0v) is 13.8. The van der Waals surface area contributed by atoms with Gasteiger partial charge in [-0.15, -0.1) is 0 Å². The molecule has 6 nitrogen and oxygen atoms in total. The fourth-order valence-corrected chi connectivity index (χ4v) is 3.38. The molecule has 3 rings (SSSR count). The van der Waals surface area contributed by atoms with Crippen LogP contribution in [-0.4, -0.2) is 53.8 Å². The summed E-state index contributed by atoms with van der Waals surface area (Å²) in [7, 11) is 0. The van der Waals surface area contributed by atoms with Gasteiger partial charge < -0.3 is 19.5 Å². The minimum absolute atomic E-state index is 0.128. The van der Waals surface area contributed by atoms with Crippen molar-refractivity contribution in [1.82, 2.24) is 4.90 Å². The number of carbonyl (C=O) groups is 2. The Labute approximate surface area is 141 Å². The number of carboxylic acid groups (broad SMARTS) is 1. The third kappa shape index (κ3) is 3.53. The molecule has 1 aromatic carbocycles. The second kappa shape index (κ2) is 7.21. The SMILES string of the molecule is CC1C(C(=O)O)CCN1C(=O)c1ccc(OCC2CCCO2)cc1. The van der Waals surface area contributed by atoms with Crippen LogP contribution < -0.4 is 4.74 Å². The smallest absolute Gasteiger partial charge is 0.308 e. The molecule has 24 heavy (non-hydrogen) atoms. The first kappa shape index (κ1) is 16.8. The number of benzene rings is 1. The summed E-state index contributed by atoms with van der Waals surface area (Å²) in [5.41, 5.74) is 0.553. The van der Waals surface area contributed by atoms with Crippen molar-refractivity contribution in [2.75, 3.05) is 19.8 Å². The number of carbonyl (C=O) groups excluding carboxylic acids is 1. The normalized spacial score (nSPS) is 26.5. The van der Waals surface area contributed by atoms with Crippen LogP contribution in [0, 0.1) is 5.92 Å². The van der Waals surface area contributed by atoms with Crippen LogP contribution in [-0.2, 0) is 9.53 Å². The van der Waals surface area contributed by atoms with Gasteiger partial charge in [0.2, 0.25) is 0 Å². The third-order valence-electron chi connectivity index (χ3n) is 4.89. The van der Waals surface area contributed by atoms with E-state index >= 15 is 0 Å². The van der Waals surface area contributed by atoms with E-state index in [1.54, 1.807) is 36.1 Å². The Morgan fingerprint density at radius 3 is 2.62 bits per heavy atom. The highest BCUT2D eigenvalue weighted by Crippen LogP contribution is 2.26. The van der Waals surface area contributed by atoms with Crippen LogP contribution in [0.4, 0.5) is 0 Å². The number of hydrogen-bond acceptors (Lipinski definition) is 4. The average molecular weight is 333 g/mol. The molecule has 3 unspecified atom stereocenters. The van der Waals surface area contributed by atoms with Crippen molar-refractivity contribution in [2.45, 2.75) is 38.3 Å². The highest BCUT2D eigenvalue weighted by Gasteiger charge is 2.38. The summed E-state index contributed by atoms with van der Waals surface area (Å²) in [6.45, 7) is 3.60. The number of hydrogen-bond donors (Lipinski definition) is 1. The fraction of sp³-hybridized carbons (Fsp3) is 0.556. The van der Waals surface area contributed by atoms with Crippen molar-refractivity contribution < 1.29 is 24.2 Å². The second-order valence-electron chi connectivity index (χ2n) is 6.44. The maximum Gasteiger partial charge on any atom is 0.308 e. The quantitative estimate of drug-likeness (QED) is 0.894. The van der Waals surface area contributed by atoms with Gasteiger partial charge in [0, 0.05) is 24.8 Å². The van der Waals surface area contributed by atoms with Crippen molar-refractivity contribution in [3.8, 4) is 5.75 Å². The van der Waals surface area contributed by atoms with Crippen molar-refractivity contribution in [3.63, 3.8) is 0 Å². The van der Waals surface area contributed by atoms with Gasteiger partial charge in [-0.25, -0.2) is 0 Å². The fourth-order valence-electron chi connectivity index (χ4n) is 3.38. The predicted octanol–water partition coefficient (Wildman–Crippen LogP) is 2.18. The number of aliphatic carboxylic acids is 1. The number of rotatable bonds is 5. The maximum absolute atomic E-state index is 12.6. The molecular weight excluding hydrogens is 310 g/mol. The molecule has 0 aliphatic carbocycles. The molecule has 2 fully saturated rings. The van der Waals surface area contributed by atoms with Crippen LogP contribution in [0.3, 0.4) is 0 Å². The minimum Gasteiger partial charge on any atom is -0.491 e. The summed E-state index contributed by atoms with van der Waals surface area (Å²) >= 11 is 0. The van der Waals surface area contributed by atoms with Gasteiger partial charge in [-0.2, -0.15) is 0 Å². The van der Waals surface area contributed by atoms with Gasteiger partial charge in [0.25, 0.3) is 5.91 Å². The van der Waals surface area contributed by atoms with Crippen LogP contribution in [0.2, 0.25) is 0 Å². The summed E-state index contributed by atoms with van der Waals surface area (Å²) in [6.07, 6.45) is 2.76. The Morgan fingerprint density at radius 1 is 1.29 bits per heavy atom. The van der Waals surface area contributed by atoms with Gasteiger partial charge in [-0.05, 0) is 50.5 Å². The number of likely N-dealkylation sites (tertiary alicyclic amines) is 1. The Kier molecular flexibility index (Phi) is 5.04. The zero-order valence-electron chi connectivity index (χ0n) is 13.8. The topological polar surface area (TPSA) is 76.1 Å². The van der Waals surface area contributed by atoms with Crippen molar-refractivity contribution >= 4 is 11.9 Å². The van der Waals surface area contributed by atoms with E-state index in [0.717, 1.165) is 19.4 Å². The molecule has 1 amide bonds. The predicted molar refractivity (Wildman–Crippen MR) is 87.2 cm³/mol. The second-order valence-corrected chi connectivity index (χ2v) is 6.44. The van der Waals surface area contributed by atoms with E-state index in [9.17, 15) is 14.7 Å². The monoisotopic (exact) mass is 333 g/mol. The van der Waals surface area contributed by atoms with Crippen LogP contribution in [0.5, 0.6) is 5.75 Å². The maximum atomic E-state index is 12.6. The average Bonchev–Trinajstić information content (AvgIpc) is 3.22. The van der Waals surface area contributed by atoms with Gasteiger partial charge in [-0.3, -0.25) is 9.59 Å². The number of nitrogens with zero attached hydrogens (tertiary/aromatic N) is 1. The molecule has 1 N–H and O–H groups in total. The minimum atomic E-state index is -0.837. The Hall–Kier alpha value is -2.08. The largest absolute Gasteiger partial charge is 0.491 e. The molecule has 2 aliphatic rings. The molecule has 2 heterocycles. The molecular formula is C18H23NO5. The van der Waals surface area contributed by atoms with Crippen LogP contribution in [0.15, 0.2) is 24.3 Å². The van der Waals surface area contributed by atoms with E-state index in [4.69, 9.17) is 9.47 Å². The molecule has 1 aromatic rings. The summed E-state index contributed by atoms with van der Waals surface area (Å²) in [4.78, 5) is 25.4. The molecule has 2 saturated heterocycles. The Balaban J connectivity index is 1.58. The van der Waals surface area contributed by atoms with E-state index in [1.165, 1.54) is 0 Å². The first-order valence-corrected chi connectivity index (χ1v) is 8.44. The van der Waals surface area contributed by atoms with Crippen LogP contribution in [0.1, 0.15) is 36.5 Å². The molecule has 0 spiro atoms. The van der Waals surface area contributed by atoms with Gasteiger partial charge in [0.05, 0.1) is 12.0 Å². The van der Waals surface area contributed by atoms with Crippen molar-refractivity contribution in [1.29, 1.82) is 0 Å². The van der Waals surface area contributed by atoms with Gasteiger partial charge in [-0.1, -0.05) is 0 Å². The lowest BCUT2D eigenvalue weighted by Crippen LogP contribution is -2.37. The lowest BCUT2D eigenvalue weighted by atomic mass is 10.0. The molecule has 6 heteroatoms. The molecule has 130 valence electrons. The van der Waals surface area contributed by atoms with Crippen molar-refractivity contribution in [3.05, 3.63) is 29.8 Å². The highest BCUT2D eigenvalue weighted by molar-refractivity contribution is 5.95.